The second-order valence-corrected chi connectivity index (χ2v) is 7.59. The molecule has 5 nitrogen and oxygen atoms in total. The predicted octanol–water partition coefficient (Wildman–Crippen LogP) is 3.86. The maximum absolute atomic E-state index is 12.3. The van der Waals surface area contributed by atoms with Gasteiger partial charge in [0.1, 0.15) is 17.3 Å². The van der Waals surface area contributed by atoms with Crippen LogP contribution in [0.1, 0.15) is 42.9 Å². The molecule has 0 saturated carbocycles. The molecule has 1 saturated heterocycles. The van der Waals surface area contributed by atoms with E-state index >= 15 is 0 Å². The molecular weight excluding hydrogens is 340 g/mol. The van der Waals surface area contributed by atoms with Crippen LogP contribution in [-0.2, 0) is 4.79 Å². The normalized spacial score (nSPS) is 16.9. The smallest absolute Gasteiger partial charge is 0.258 e. The van der Waals surface area contributed by atoms with E-state index in [1.807, 2.05) is 50.2 Å². The lowest BCUT2D eigenvalue weighted by molar-refractivity contribution is -0.123. The average molecular weight is 370 g/mol. The van der Waals surface area contributed by atoms with Crippen molar-refractivity contribution < 1.29 is 13.9 Å². The summed E-state index contributed by atoms with van der Waals surface area (Å²) < 4.78 is 11.4. The number of rotatable bonds is 7. The molecule has 0 aliphatic carbocycles. The molecule has 27 heavy (non-hydrogen) atoms. The first kappa shape index (κ1) is 19.5. The Labute approximate surface area is 161 Å². The summed E-state index contributed by atoms with van der Waals surface area (Å²) in [6.45, 7) is 8.87. The van der Waals surface area contributed by atoms with Crippen molar-refractivity contribution in [3.8, 4) is 5.75 Å². The topological polar surface area (TPSA) is 54.7 Å². The molecule has 1 aromatic carbocycles. The van der Waals surface area contributed by atoms with Gasteiger partial charge in [-0.05, 0) is 70.0 Å². The van der Waals surface area contributed by atoms with Crippen LogP contribution in [-0.4, -0.2) is 37.0 Å². The Hall–Kier alpha value is -2.27. The van der Waals surface area contributed by atoms with Crippen molar-refractivity contribution in [1.29, 1.82) is 0 Å². The van der Waals surface area contributed by atoms with Gasteiger partial charge in [0.2, 0.25) is 0 Å². The van der Waals surface area contributed by atoms with Crippen molar-refractivity contribution in [2.75, 3.05) is 26.2 Å². The van der Waals surface area contributed by atoms with Crippen LogP contribution in [0.3, 0.4) is 0 Å². The Morgan fingerprint density at radius 1 is 1.19 bits per heavy atom. The highest BCUT2D eigenvalue weighted by Crippen LogP contribution is 2.27. The highest BCUT2D eigenvalue weighted by Gasteiger charge is 2.27. The summed E-state index contributed by atoms with van der Waals surface area (Å²) in [6, 6.07) is 11.8. The molecule has 3 rings (SSSR count). The van der Waals surface area contributed by atoms with Crippen molar-refractivity contribution in [2.24, 2.45) is 5.92 Å². The third kappa shape index (κ3) is 5.60. The number of benzene rings is 1. The summed E-state index contributed by atoms with van der Waals surface area (Å²) in [7, 11) is 0. The van der Waals surface area contributed by atoms with Gasteiger partial charge in [-0.2, -0.15) is 0 Å². The Morgan fingerprint density at radius 2 is 1.89 bits per heavy atom. The zero-order chi connectivity index (χ0) is 19.2. The number of nitrogens with zero attached hydrogens (tertiary/aromatic N) is 1. The van der Waals surface area contributed by atoms with Crippen molar-refractivity contribution in [2.45, 2.75) is 39.7 Å². The molecule has 0 spiro atoms. The van der Waals surface area contributed by atoms with Gasteiger partial charge in [0.15, 0.2) is 6.61 Å². The van der Waals surface area contributed by atoms with E-state index in [2.05, 4.69) is 17.1 Å². The number of piperidine rings is 1. The minimum absolute atomic E-state index is 0.0179. The number of carbonyl (C=O) groups excluding carboxylic acids is 1. The largest absolute Gasteiger partial charge is 0.484 e. The Bertz CT molecular complexity index is 730. The van der Waals surface area contributed by atoms with Crippen LogP contribution < -0.4 is 10.1 Å². The van der Waals surface area contributed by atoms with Gasteiger partial charge in [0.05, 0.1) is 6.04 Å². The van der Waals surface area contributed by atoms with Crippen molar-refractivity contribution >= 4 is 5.91 Å². The summed E-state index contributed by atoms with van der Waals surface area (Å²) in [5.74, 6) is 3.17. The van der Waals surface area contributed by atoms with E-state index in [0.717, 1.165) is 30.5 Å². The minimum atomic E-state index is -0.116. The molecule has 1 fully saturated rings. The maximum atomic E-state index is 12.3. The number of nitrogens with one attached hydrogen (secondary N) is 1. The number of furan rings is 1. The first-order valence-electron chi connectivity index (χ1n) is 9.78. The third-order valence-corrected chi connectivity index (χ3v) is 5.23. The molecule has 0 radical (unpaired) electrons. The van der Waals surface area contributed by atoms with E-state index in [1.165, 1.54) is 18.4 Å². The monoisotopic (exact) mass is 370 g/mol. The number of likely N-dealkylation sites (tertiary alicyclic amines) is 1. The Balaban J connectivity index is 1.55. The van der Waals surface area contributed by atoms with Crippen LogP contribution in [0.4, 0.5) is 0 Å². The molecule has 1 amide bonds. The third-order valence-electron chi connectivity index (χ3n) is 5.23. The van der Waals surface area contributed by atoms with E-state index < -0.39 is 0 Å². The molecule has 2 heterocycles. The maximum Gasteiger partial charge on any atom is 0.258 e. The van der Waals surface area contributed by atoms with E-state index in [9.17, 15) is 4.79 Å². The lowest BCUT2D eigenvalue weighted by Crippen LogP contribution is -2.42. The second kappa shape index (κ2) is 9.09. The van der Waals surface area contributed by atoms with E-state index in [0.29, 0.717) is 12.3 Å². The highest BCUT2D eigenvalue weighted by molar-refractivity contribution is 5.77. The van der Waals surface area contributed by atoms with Crippen molar-refractivity contribution in [1.82, 2.24) is 10.2 Å². The fourth-order valence-electron chi connectivity index (χ4n) is 3.43. The fraction of sp³-hybridized carbons (Fsp3) is 0.500. The van der Waals surface area contributed by atoms with Crippen LogP contribution in [0, 0.1) is 19.8 Å². The molecule has 1 aromatic heterocycles. The van der Waals surface area contributed by atoms with Gasteiger partial charge < -0.3 is 14.5 Å². The molecule has 1 N–H and O–H groups in total. The van der Waals surface area contributed by atoms with Crippen LogP contribution >= 0.6 is 0 Å². The zero-order valence-corrected chi connectivity index (χ0v) is 16.5. The van der Waals surface area contributed by atoms with Gasteiger partial charge in [0.25, 0.3) is 5.91 Å². The summed E-state index contributed by atoms with van der Waals surface area (Å²) in [5.41, 5.74) is 1.17. The number of hydrogen-bond donors (Lipinski definition) is 1. The SMILES string of the molecule is Cc1ccc(OCC(=O)NCC(c2ccc(C)o2)N2CCC(C)CC2)cc1. The van der Waals surface area contributed by atoms with Crippen LogP contribution in [0.5, 0.6) is 5.75 Å². The molecule has 1 atom stereocenters. The van der Waals surface area contributed by atoms with Crippen LogP contribution in [0.15, 0.2) is 40.8 Å². The second-order valence-electron chi connectivity index (χ2n) is 7.59. The van der Waals surface area contributed by atoms with Gasteiger partial charge >= 0.3 is 0 Å². The molecule has 0 bridgehead atoms. The predicted molar refractivity (Wildman–Crippen MR) is 106 cm³/mol. The number of amides is 1. The van der Waals surface area contributed by atoms with Crippen LogP contribution in [0.25, 0.3) is 0 Å². The molecule has 1 aliphatic rings. The Kier molecular flexibility index (Phi) is 6.56. The van der Waals surface area contributed by atoms with Gasteiger partial charge in [-0.1, -0.05) is 24.6 Å². The van der Waals surface area contributed by atoms with E-state index in [4.69, 9.17) is 9.15 Å². The van der Waals surface area contributed by atoms with E-state index in [1.54, 1.807) is 0 Å². The lowest BCUT2D eigenvalue weighted by atomic mass is 9.97. The molecular formula is C22H30N2O3. The van der Waals surface area contributed by atoms with Crippen molar-refractivity contribution in [3.05, 3.63) is 53.5 Å². The summed E-state index contributed by atoms with van der Waals surface area (Å²) in [5, 5.41) is 3.02. The van der Waals surface area contributed by atoms with Crippen molar-refractivity contribution in [3.63, 3.8) is 0 Å². The lowest BCUT2D eigenvalue weighted by Gasteiger charge is -2.35. The quantitative estimate of drug-likeness (QED) is 0.804. The molecule has 2 aromatic rings. The summed E-state index contributed by atoms with van der Waals surface area (Å²) >= 11 is 0. The minimum Gasteiger partial charge on any atom is -0.484 e. The number of carbonyl (C=O) groups is 1. The average Bonchev–Trinajstić information content (AvgIpc) is 3.09. The van der Waals surface area contributed by atoms with Gasteiger partial charge in [0, 0.05) is 6.54 Å². The first-order chi connectivity index (χ1) is 13.0. The molecule has 1 unspecified atom stereocenters. The van der Waals surface area contributed by atoms with Crippen LogP contribution in [0.2, 0.25) is 0 Å². The van der Waals surface area contributed by atoms with Gasteiger partial charge in [-0.3, -0.25) is 9.69 Å². The molecule has 1 aliphatic heterocycles. The zero-order valence-electron chi connectivity index (χ0n) is 16.5. The number of aryl methyl sites for hydroxylation is 2. The first-order valence-corrected chi connectivity index (χ1v) is 9.78. The Morgan fingerprint density at radius 3 is 2.52 bits per heavy atom. The van der Waals surface area contributed by atoms with Gasteiger partial charge in [-0.15, -0.1) is 0 Å². The standard InChI is InChI=1S/C22H30N2O3/c1-16-4-7-19(8-5-16)26-15-22(25)23-14-20(21-9-6-18(3)27-21)24-12-10-17(2)11-13-24/h4-9,17,20H,10-15H2,1-3H3,(H,23,25). The summed E-state index contributed by atoms with van der Waals surface area (Å²) in [4.78, 5) is 14.7. The highest BCUT2D eigenvalue weighted by atomic mass is 16.5. The summed E-state index contributed by atoms with van der Waals surface area (Å²) in [6.07, 6.45) is 2.36. The number of hydrogen-bond acceptors (Lipinski definition) is 4. The fourth-order valence-corrected chi connectivity index (χ4v) is 3.43. The van der Waals surface area contributed by atoms with E-state index in [-0.39, 0.29) is 18.6 Å². The van der Waals surface area contributed by atoms with Gasteiger partial charge in [-0.25, -0.2) is 0 Å². The molecule has 5 heteroatoms. The molecule has 146 valence electrons. The number of ether oxygens (including phenoxy) is 1.